The van der Waals surface area contributed by atoms with E-state index >= 15 is 0 Å². The predicted octanol–water partition coefficient (Wildman–Crippen LogP) is 2.72. The van der Waals surface area contributed by atoms with Crippen LogP contribution in [-0.4, -0.2) is 25.3 Å². The minimum atomic E-state index is 0.489. The maximum Gasteiger partial charge on any atom is 0.0699 e. The first-order valence-electron chi connectivity index (χ1n) is 6.71. The van der Waals surface area contributed by atoms with E-state index in [2.05, 4.69) is 12.2 Å². The van der Waals surface area contributed by atoms with Crippen LogP contribution >= 0.6 is 0 Å². The average Bonchev–Trinajstić information content (AvgIpc) is 2.81. The Balaban J connectivity index is 1.63. The van der Waals surface area contributed by atoms with Crippen LogP contribution in [-0.2, 0) is 4.74 Å². The van der Waals surface area contributed by atoms with Crippen LogP contribution in [0.4, 0.5) is 0 Å². The van der Waals surface area contributed by atoms with Crippen molar-refractivity contribution in [3.05, 3.63) is 0 Å². The normalized spacial score (nSPS) is 30.6. The Bertz CT molecular complexity index is 171. The monoisotopic (exact) mass is 211 g/mol. The molecule has 15 heavy (non-hydrogen) atoms. The van der Waals surface area contributed by atoms with Crippen LogP contribution in [0.1, 0.15) is 51.9 Å². The van der Waals surface area contributed by atoms with Gasteiger partial charge in [-0.2, -0.15) is 0 Å². The molecule has 88 valence electrons. The third kappa shape index (κ3) is 3.46. The van der Waals surface area contributed by atoms with Gasteiger partial charge < -0.3 is 10.1 Å². The van der Waals surface area contributed by atoms with Gasteiger partial charge in [-0.3, -0.25) is 0 Å². The fraction of sp³-hybridized carbons (Fsp3) is 1.00. The van der Waals surface area contributed by atoms with Gasteiger partial charge >= 0.3 is 0 Å². The van der Waals surface area contributed by atoms with Gasteiger partial charge in [0.2, 0.25) is 0 Å². The van der Waals surface area contributed by atoms with Gasteiger partial charge in [-0.1, -0.05) is 12.8 Å². The summed E-state index contributed by atoms with van der Waals surface area (Å²) in [6.45, 7) is 4.39. The third-order valence-electron chi connectivity index (χ3n) is 4.05. The molecule has 0 aromatic rings. The highest BCUT2D eigenvalue weighted by Gasteiger charge is 2.22. The highest BCUT2D eigenvalue weighted by Crippen LogP contribution is 2.27. The van der Waals surface area contributed by atoms with E-state index in [1.807, 2.05) is 0 Å². The molecular formula is C13H25NO. The molecule has 2 aliphatic rings. The lowest BCUT2D eigenvalue weighted by Gasteiger charge is -2.26. The summed E-state index contributed by atoms with van der Waals surface area (Å²) < 4.78 is 5.73. The SMILES string of the molecule is C[C@H](NCC1CCCCO1)C1CCCC1. The summed E-state index contributed by atoms with van der Waals surface area (Å²) in [4.78, 5) is 0. The summed E-state index contributed by atoms with van der Waals surface area (Å²) in [5.74, 6) is 0.925. The molecule has 1 unspecified atom stereocenters. The molecule has 0 aromatic heterocycles. The molecule has 2 fully saturated rings. The zero-order chi connectivity index (χ0) is 10.5. The molecule has 0 bridgehead atoms. The van der Waals surface area contributed by atoms with E-state index in [4.69, 9.17) is 4.74 Å². The summed E-state index contributed by atoms with van der Waals surface area (Å²) in [5, 5.41) is 3.67. The Morgan fingerprint density at radius 1 is 1.13 bits per heavy atom. The number of hydrogen-bond acceptors (Lipinski definition) is 2. The zero-order valence-corrected chi connectivity index (χ0v) is 10.0. The van der Waals surface area contributed by atoms with Crippen LogP contribution in [0.25, 0.3) is 0 Å². The molecule has 0 aromatic carbocycles. The molecule has 2 nitrogen and oxygen atoms in total. The standard InChI is InChI=1S/C13H25NO/c1-11(12-6-2-3-7-12)14-10-13-8-4-5-9-15-13/h11-14H,2-10H2,1H3/t11-,13?/m0/s1. The molecule has 1 N–H and O–H groups in total. The molecule has 1 saturated heterocycles. The molecule has 2 atom stereocenters. The van der Waals surface area contributed by atoms with E-state index in [0.29, 0.717) is 12.1 Å². The molecular weight excluding hydrogens is 186 g/mol. The van der Waals surface area contributed by atoms with Gasteiger partial charge in [0.25, 0.3) is 0 Å². The predicted molar refractivity (Wildman–Crippen MR) is 63.0 cm³/mol. The van der Waals surface area contributed by atoms with Crippen LogP contribution in [0.15, 0.2) is 0 Å². The number of nitrogens with one attached hydrogen (secondary N) is 1. The second-order valence-electron chi connectivity index (χ2n) is 5.23. The van der Waals surface area contributed by atoms with Gasteiger partial charge in [0, 0.05) is 19.2 Å². The van der Waals surface area contributed by atoms with Crippen LogP contribution in [0.3, 0.4) is 0 Å². The molecule has 0 spiro atoms. The van der Waals surface area contributed by atoms with Gasteiger partial charge in [-0.25, -0.2) is 0 Å². The highest BCUT2D eigenvalue weighted by molar-refractivity contribution is 4.78. The van der Waals surface area contributed by atoms with E-state index < -0.39 is 0 Å². The first kappa shape index (κ1) is 11.4. The van der Waals surface area contributed by atoms with Crippen molar-refractivity contribution in [2.75, 3.05) is 13.2 Å². The van der Waals surface area contributed by atoms with Gasteiger partial charge in [-0.15, -0.1) is 0 Å². The largest absolute Gasteiger partial charge is 0.377 e. The van der Waals surface area contributed by atoms with Crippen molar-refractivity contribution in [1.82, 2.24) is 5.32 Å². The van der Waals surface area contributed by atoms with Crippen LogP contribution in [0.5, 0.6) is 0 Å². The molecule has 0 radical (unpaired) electrons. The summed E-state index contributed by atoms with van der Waals surface area (Å²) in [5.41, 5.74) is 0. The van der Waals surface area contributed by atoms with Crippen LogP contribution in [0, 0.1) is 5.92 Å². The number of ether oxygens (including phenoxy) is 1. The third-order valence-corrected chi connectivity index (χ3v) is 4.05. The minimum absolute atomic E-state index is 0.489. The molecule has 1 aliphatic carbocycles. The Kier molecular flexibility index (Phi) is 4.45. The van der Waals surface area contributed by atoms with E-state index in [-0.39, 0.29) is 0 Å². The fourth-order valence-electron chi connectivity index (χ4n) is 2.91. The van der Waals surface area contributed by atoms with Crippen LogP contribution in [0.2, 0.25) is 0 Å². The van der Waals surface area contributed by atoms with Crippen molar-refractivity contribution in [2.45, 2.75) is 64.0 Å². The first-order chi connectivity index (χ1) is 7.36. The molecule has 2 rings (SSSR count). The topological polar surface area (TPSA) is 21.3 Å². The smallest absolute Gasteiger partial charge is 0.0699 e. The van der Waals surface area contributed by atoms with Crippen molar-refractivity contribution >= 4 is 0 Å². The molecule has 2 heteroatoms. The maximum absolute atomic E-state index is 5.73. The van der Waals surface area contributed by atoms with Crippen LogP contribution < -0.4 is 5.32 Å². The second kappa shape index (κ2) is 5.86. The lowest BCUT2D eigenvalue weighted by atomic mass is 9.99. The highest BCUT2D eigenvalue weighted by atomic mass is 16.5. The van der Waals surface area contributed by atoms with E-state index in [9.17, 15) is 0 Å². The lowest BCUT2D eigenvalue weighted by molar-refractivity contribution is 0.0146. The van der Waals surface area contributed by atoms with Crippen molar-refractivity contribution in [2.24, 2.45) is 5.92 Å². The fourth-order valence-corrected chi connectivity index (χ4v) is 2.91. The van der Waals surface area contributed by atoms with Gasteiger partial charge in [-0.05, 0) is 44.9 Å². The van der Waals surface area contributed by atoms with Gasteiger partial charge in [0.05, 0.1) is 6.10 Å². The number of rotatable bonds is 4. The van der Waals surface area contributed by atoms with E-state index in [1.54, 1.807) is 0 Å². The Morgan fingerprint density at radius 2 is 1.87 bits per heavy atom. The molecule has 1 aliphatic heterocycles. The Morgan fingerprint density at radius 3 is 2.53 bits per heavy atom. The van der Waals surface area contributed by atoms with Crippen molar-refractivity contribution < 1.29 is 4.74 Å². The lowest BCUT2D eigenvalue weighted by Crippen LogP contribution is -2.39. The summed E-state index contributed by atoms with van der Waals surface area (Å²) in [6.07, 6.45) is 10.1. The molecule has 1 saturated carbocycles. The molecule has 0 amide bonds. The molecule has 1 heterocycles. The first-order valence-corrected chi connectivity index (χ1v) is 6.71. The average molecular weight is 211 g/mol. The van der Waals surface area contributed by atoms with E-state index in [0.717, 1.165) is 19.1 Å². The van der Waals surface area contributed by atoms with Crippen molar-refractivity contribution in [1.29, 1.82) is 0 Å². The van der Waals surface area contributed by atoms with Gasteiger partial charge in [0.15, 0.2) is 0 Å². The summed E-state index contributed by atoms with van der Waals surface area (Å²) >= 11 is 0. The van der Waals surface area contributed by atoms with E-state index in [1.165, 1.54) is 44.9 Å². The van der Waals surface area contributed by atoms with Gasteiger partial charge in [0.1, 0.15) is 0 Å². The van der Waals surface area contributed by atoms with Crippen molar-refractivity contribution in [3.63, 3.8) is 0 Å². The quantitative estimate of drug-likeness (QED) is 0.772. The Labute approximate surface area is 93.8 Å². The van der Waals surface area contributed by atoms with Crippen molar-refractivity contribution in [3.8, 4) is 0 Å². The Hall–Kier alpha value is -0.0800. The maximum atomic E-state index is 5.73. The summed E-state index contributed by atoms with van der Waals surface area (Å²) in [7, 11) is 0. The minimum Gasteiger partial charge on any atom is -0.377 e. The second-order valence-corrected chi connectivity index (χ2v) is 5.23. The zero-order valence-electron chi connectivity index (χ0n) is 10.0. The summed E-state index contributed by atoms with van der Waals surface area (Å²) in [6, 6.07) is 0.693. The number of hydrogen-bond donors (Lipinski definition) is 1.